The monoisotopic (exact) mass is 235 g/mol. The van der Waals surface area contributed by atoms with Crippen LogP contribution >= 0.6 is 0 Å². The Morgan fingerprint density at radius 3 is 2.53 bits per heavy atom. The summed E-state index contributed by atoms with van der Waals surface area (Å²) in [6.45, 7) is 5.56. The Hall–Kier alpha value is -1.71. The first kappa shape index (κ1) is 13.4. The molecule has 0 aliphatic rings. The van der Waals surface area contributed by atoms with E-state index in [9.17, 15) is 4.39 Å². The van der Waals surface area contributed by atoms with E-state index in [0.29, 0.717) is 17.2 Å². The van der Waals surface area contributed by atoms with Crippen LogP contribution in [-0.4, -0.2) is 17.5 Å². The first-order valence-electron chi connectivity index (χ1n) is 5.60. The van der Waals surface area contributed by atoms with E-state index >= 15 is 0 Å². The second-order valence-electron chi connectivity index (χ2n) is 4.11. The van der Waals surface area contributed by atoms with Crippen LogP contribution in [0.4, 0.5) is 4.39 Å². The minimum absolute atomic E-state index is 0.432. The van der Waals surface area contributed by atoms with Crippen molar-refractivity contribution in [3.05, 3.63) is 35.8 Å². The number of nitrogens with two attached hydrogens (primary N) is 1. The van der Waals surface area contributed by atoms with E-state index in [0.717, 1.165) is 5.56 Å². The average molecular weight is 235 g/mol. The number of aliphatic imine (C=N–C) groups is 1. The van der Waals surface area contributed by atoms with Gasteiger partial charge >= 0.3 is 0 Å². The summed E-state index contributed by atoms with van der Waals surface area (Å²) in [7, 11) is 0. The van der Waals surface area contributed by atoms with Gasteiger partial charge in [0.2, 0.25) is 0 Å². The maximum atomic E-state index is 12.6. The standard InChI is InChI=1S/C13H18FN3/c1-9(2)11-4-5-13(17-7-11)12(6-15)8-16-10(3)14/h4-10H,15H2,1-3H3/b12-6+,16-8+. The summed E-state index contributed by atoms with van der Waals surface area (Å²) in [6, 6.07) is 3.85. The average Bonchev–Trinajstić information content (AvgIpc) is 2.30. The molecule has 0 fully saturated rings. The molecule has 0 radical (unpaired) electrons. The SMILES string of the molecule is CC(F)/N=C/C(=C\N)c1ccc(C(C)C)cn1. The lowest BCUT2D eigenvalue weighted by Crippen LogP contribution is -1.98. The van der Waals surface area contributed by atoms with Gasteiger partial charge in [-0.2, -0.15) is 0 Å². The fourth-order valence-electron chi connectivity index (χ4n) is 1.30. The molecule has 0 bridgehead atoms. The van der Waals surface area contributed by atoms with E-state index in [1.54, 1.807) is 6.20 Å². The second-order valence-corrected chi connectivity index (χ2v) is 4.11. The first-order valence-corrected chi connectivity index (χ1v) is 5.60. The van der Waals surface area contributed by atoms with E-state index in [-0.39, 0.29) is 0 Å². The van der Waals surface area contributed by atoms with Crippen molar-refractivity contribution in [3.8, 4) is 0 Å². The molecule has 0 saturated carbocycles. The van der Waals surface area contributed by atoms with Gasteiger partial charge in [-0.3, -0.25) is 9.98 Å². The van der Waals surface area contributed by atoms with Gasteiger partial charge in [0.25, 0.3) is 0 Å². The predicted molar refractivity (Wildman–Crippen MR) is 69.6 cm³/mol. The molecule has 1 heterocycles. The highest BCUT2D eigenvalue weighted by molar-refractivity contribution is 6.08. The highest BCUT2D eigenvalue weighted by Gasteiger charge is 2.03. The molecule has 0 aromatic carbocycles. The maximum Gasteiger partial charge on any atom is 0.187 e. The molecule has 3 nitrogen and oxygen atoms in total. The van der Waals surface area contributed by atoms with Crippen LogP contribution in [0.5, 0.6) is 0 Å². The van der Waals surface area contributed by atoms with Gasteiger partial charge < -0.3 is 5.73 Å². The number of aromatic nitrogens is 1. The van der Waals surface area contributed by atoms with Crippen molar-refractivity contribution < 1.29 is 4.39 Å². The van der Waals surface area contributed by atoms with E-state index in [2.05, 4.69) is 23.8 Å². The van der Waals surface area contributed by atoms with Crippen molar-refractivity contribution in [2.45, 2.75) is 33.0 Å². The fraction of sp³-hybridized carbons (Fsp3) is 0.385. The normalized spacial score (nSPS) is 14.5. The fourth-order valence-corrected chi connectivity index (χ4v) is 1.30. The predicted octanol–water partition coefficient (Wildman–Crippen LogP) is 2.89. The zero-order chi connectivity index (χ0) is 12.8. The molecule has 0 aliphatic heterocycles. The highest BCUT2D eigenvalue weighted by Crippen LogP contribution is 2.15. The molecule has 0 spiro atoms. The zero-order valence-electron chi connectivity index (χ0n) is 10.4. The Morgan fingerprint density at radius 2 is 2.12 bits per heavy atom. The van der Waals surface area contributed by atoms with Crippen LogP contribution in [0.15, 0.2) is 29.5 Å². The van der Waals surface area contributed by atoms with Crippen LogP contribution < -0.4 is 5.73 Å². The van der Waals surface area contributed by atoms with E-state index in [4.69, 9.17) is 5.73 Å². The van der Waals surface area contributed by atoms with Gasteiger partial charge in [0.1, 0.15) is 0 Å². The summed E-state index contributed by atoms with van der Waals surface area (Å²) in [4.78, 5) is 7.94. The molecule has 17 heavy (non-hydrogen) atoms. The Morgan fingerprint density at radius 1 is 1.41 bits per heavy atom. The molecular formula is C13H18FN3. The molecule has 1 rings (SSSR count). The topological polar surface area (TPSA) is 51.3 Å². The third kappa shape index (κ3) is 3.98. The lowest BCUT2D eigenvalue weighted by Gasteiger charge is -2.06. The maximum absolute atomic E-state index is 12.6. The molecule has 1 unspecified atom stereocenters. The molecule has 1 atom stereocenters. The van der Waals surface area contributed by atoms with Gasteiger partial charge in [-0.25, -0.2) is 4.39 Å². The molecule has 0 amide bonds. The highest BCUT2D eigenvalue weighted by atomic mass is 19.1. The number of allylic oxidation sites excluding steroid dienone is 1. The Kier molecular flexibility index (Phi) is 4.82. The number of pyridine rings is 1. The summed E-state index contributed by atoms with van der Waals surface area (Å²) in [5.41, 5.74) is 7.94. The van der Waals surface area contributed by atoms with E-state index in [1.165, 1.54) is 19.3 Å². The minimum Gasteiger partial charge on any atom is -0.404 e. The van der Waals surface area contributed by atoms with Gasteiger partial charge in [0.05, 0.1) is 5.69 Å². The Labute approximate surface area is 101 Å². The van der Waals surface area contributed by atoms with Crippen molar-refractivity contribution in [3.63, 3.8) is 0 Å². The van der Waals surface area contributed by atoms with E-state index < -0.39 is 6.30 Å². The smallest absolute Gasteiger partial charge is 0.187 e. The van der Waals surface area contributed by atoms with Crippen LogP contribution in [0.1, 0.15) is 37.9 Å². The van der Waals surface area contributed by atoms with Crippen molar-refractivity contribution in [1.82, 2.24) is 4.98 Å². The Bertz CT molecular complexity index is 405. The van der Waals surface area contributed by atoms with Gasteiger partial charge in [-0.05, 0) is 24.5 Å². The van der Waals surface area contributed by atoms with Crippen LogP contribution in [0.2, 0.25) is 0 Å². The van der Waals surface area contributed by atoms with Gasteiger partial charge in [0, 0.05) is 24.2 Å². The lowest BCUT2D eigenvalue weighted by atomic mass is 10.0. The third-order valence-electron chi connectivity index (χ3n) is 2.35. The third-order valence-corrected chi connectivity index (χ3v) is 2.35. The summed E-state index contributed by atoms with van der Waals surface area (Å²) in [5, 5.41) is 0. The number of nitrogens with zero attached hydrogens (tertiary/aromatic N) is 2. The molecule has 1 aromatic rings. The van der Waals surface area contributed by atoms with Crippen molar-refractivity contribution in [2.75, 3.05) is 0 Å². The van der Waals surface area contributed by atoms with Crippen molar-refractivity contribution in [2.24, 2.45) is 10.7 Å². The molecule has 0 saturated heterocycles. The van der Waals surface area contributed by atoms with Gasteiger partial charge in [-0.15, -0.1) is 0 Å². The number of hydrogen-bond acceptors (Lipinski definition) is 3. The summed E-state index contributed by atoms with van der Waals surface area (Å²) in [6.07, 6.45) is 3.35. The van der Waals surface area contributed by atoms with Crippen LogP contribution in [0, 0.1) is 0 Å². The number of alkyl halides is 1. The van der Waals surface area contributed by atoms with Gasteiger partial charge in [0.15, 0.2) is 6.30 Å². The molecule has 2 N–H and O–H groups in total. The zero-order valence-corrected chi connectivity index (χ0v) is 10.4. The largest absolute Gasteiger partial charge is 0.404 e. The summed E-state index contributed by atoms with van der Waals surface area (Å²) < 4.78 is 12.6. The first-order chi connectivity index (χ1) is 8.04. The minimum atomic E-state index is -1.24. The van der Waals surface area contributed by atoms with Crippen molar-refractivity contribution >= 4 is 11.8 Å². The van der Waals surface area contributed by atoms with E-state index in [1.807, 2.05) is 12.1 Å². The number of halogens is 1. The van der Waals surface area contributed by atoms with Crippen LogP contribution in [0.3, 0.4) is 0 Å². The van der Waals surface area contributed by atoms with Crippen LogP contribution in [0.25, 0.3) is 5.57 Å². The number of rotatable bonds is 4. The molecular weight excluding hydrogens is 217 g/mol. The second kappa shape index (κ2) is 6.13. The summed E-state index contributed by atoms with van der Waals surface area (Å²) >= 11 is 0. The lowest BCUT2D eigenvalue weighted by molar-refractivity contribution is 0.378. The molecule has 0 aliphatic carbocycles. The quantitative estimate of drug-likeness (QED) is 0.644. The van der Waals surface area contributed by atoms with Crippen LogP contribution in [-0.2, 0) is 0 Å². The molecule has 92 valence electrons. The molecule has 1 aromatic heterocycles. The summed E-state index contributed by atoms with van der Waals surface area (Å²) in [5.74, 6) is 0.432. The molecule has 4 heteroatoms. The Balaban J connectivity index is 2.91. The number of hydrogen-bond donors (Lipinski definition) is 1. The van der Waals surface area contributed by atoms with Crippen molar-refractivity contribution in [1.29, 1.82) is 0 Å². The van der Waals surface area contributed by atoms with Gasteiger partial charge in [-0.1, -0.05) is 19.9 Å².